The van der Waals surface area contributed by atoms with Crippen LogP contribution in [0, 0.1) is 0 Å². The van der Waals surface area contributed by atoms with Gasteiger partial charge in [-0.1, -0.05) is 0 Å². The van der Waals surface area contributed by atoms with E-state index in [-0.39, 0.29) is 6.47 Å². The molecule has 42 valence electrons. The highest BCUT2D eigenvalue weighted by atomic mass is 17.7. The summed E-state index contributed by atoms with van der Waals surface area (Å²) in [5.41, 5.74) is 0. The molecule has 0 fully saturated rings. The molecule has 0 rings (SSSR count). The normalized spacial score (nSPS) is 8.14. The van der Waals surface area contributed by atoms with E-state index < -0.39 is 0 Å². The number of carbonyl (C=O) groups excluding carboxylic acids is 1. The summed E-state index contributed by atoms with van der Waals surface area (Å²) in [6.07, 6.45) is 0. The van der Waals surface area contributed by atoms with Crippen LogP contribution >= 0.6 is 0 Å². The quantitative estimate of drug-likeness (QED) is 0.212. The second kappa shape index (κ2) is 5.31. The van der Waals surface area contributed by atoms with Crippen LogP contribution in [0.4, 0.5) is 0 Å². The molecule has 7 heavy (non-hydrogen) atoms. The third kappa shape index (κ3) is 5.31. The maximum Gasteiger partial charge on any atom is 0.334 e. The molecule has 0 bridgehead atoms. The van der Waals surface area contributed by atoms with Gasteiger partial charge in [0.05, 0.1) is 0 Å². The second-order valence-electron chi connectivity index (χ2n) is 0.425. The van der Waals surface area contributed by atoms with Crippen molar-refractivity contribution in [1.29, 1.82) is 0 Å². The topological polar surface area (TPSA) is 80.0 Å². The predicted molar refractivity (Wildman–Crippen MR) is 14.6 cm³/mol. The van der Waals surface area contributed by atoms with E-state index in [4.69, 9.17) is 4.79 Å². The number of hydrogen-bond acceptors (Lipinski definition) is 6. The van der Waals surface area contributed by atoms with Gasteiger partial charge in [0.25, 0.3) is 0 Å². The van der Waals surface area contributed by atoms with Crippen LogP contribution in [0.1, 0.15) is 0 Å². The Labute approximate surface area is 38.4 Å². The van der Waals surface area contributed by atoms with Crippen molar-refractivity contribution in [3.8, 4) is 0 Å². The summed E-state index contributed by atoms with van der Waals surface area (Å²) in [5.74, 6) is 4.23. The number of nitrogens with two attached hydrogens (primary N) is 1. The summed E-state index contributed by atoms with van der Waals surface area (Å²) < 4.78 is 0. The average Bonchev–Trinajstić information content (AvgIpc) is 1.69. The summed E-state index contributed by atoms with van der Waals surface area (Å²) in [6.45, 7) is -0.000972. The van der Waals surface area contributed by atoms with E-state index in [0.717, 1.165) is 0 Å². The van der Waals surface area contributed by atoms with Gasteiger partial charge >= 0.3 is 6.47 Å². The molecule has 0 amide bonds. The molecule has 0 radical (unpaired) electrons. The first kappa shape index (κ1) is 6.31. The van der Waals surface area contributed by atoms with Gasteiger partial charge < -0.3 is 0 Å². The van der Waals surface area contributed by atoms with Gasteiger partial charge in [-0.15, -0.1) is 4.99 Å². The highest BCUT2D eigenvalue weighted by molar-refractivity contribution is 5.35. The number of carbonyl (C=O) groups is 1. The molecule has 0 aromatic heterocycles. The summed E-state index contributed by atoms with van der Waals surface area (Å²) in [5, 5.41) is 6.81. The van der Waals surface area contributed by atoms with Crippen molar-refractivity contribution in [3.63, 3.8) is 0 Å². The minimum absolute atomic E-state index is 0.000972. The molecule has 0 saturated carbocycles. The molecule has 0 unspecified atom stereocenters. The minimum atomic E-state index is -0.000972. The molecule has 6 nitrogen and oxygen atoms in total. The van der Waals surface area contributed by atoms with Gasteiger partial charge in [-0.05, 0) is 5.04 Å². The van der Waals surface area contributed by atoms with Crippen molar-refractivity contribution in [1.82, 2.24) is 0 Å². The molecule has 2 N–H and O–H groups in total. The second-order valence-corrected chi connectivity index (χ2v) is 0.425. The molecule has 0 aliphatic carbocycles. The van der Waals surface area contributed by atoms with Crippen molar-refractivity contribution in [2.75, 3.05) is 0 Å². The van der Waals surface area contributed by atoms with Gasteiger partial charge in [-0.3, -0.25) is 9.68 Å². The Balaban J connectivity index is 2.56. The van der Waals surface area contributed by atoms with Crippen molar-refractivity contribution in [2.24, 2.45) is 5.90 Å². The van der Waals surface area contributed by atoms with Gasteiger partial charge in [-0.25, -0.2) is 0 Å². The monoisotopic (exact) mass is 109 g/mol. The van der Waals surface area contributed by atoms with Crippen LogP contribution in [0.25, 0.3) is 0 Å². The van der Waals surface area contributed by atoms with Crippen LogP contribution in [0.5, 0.6) is 0 Å². The van der Waals surface area contributed by atoms with Gasteiger partial charge in [0.15, 0.2) is 0 Å². The Hall–Kier alpha value is -0.690. The van der Waals surface area contributed by atoms with Gasteiger partial charge in [0, 0.05) is 5.04 Å². The van der Waals surface area contributed by atoms with E-state index in [1.165, 1.54) is 0 Å². The lowest BCUT2D eigenvalue weighted by atomic mass is 11.7. The summed E-state index contributed by atoms with van der Waals surface area (Å²) in [7, 11) is 0. The van der Waals surface area contributed by atoms with E-state index in [1.807, 2.05) is 0 Å². The Kier molecular flexibility index (Phi) is 4.79. The van der Waals surface area contributed by atoms with Crippen molar-refractivity contribution < 1.29 is 24.7 Å². The van der Waals surface area contributed by atoms with Crippen LogP contribution in [0.2, 0.25) is 0 Å². The van der Waals surface area contributed by atoms with E-state index in [1.54, 1.807) is 0 Å². The first-order valence-electron chi connectivity index (χ1n) is 1.21. The largest absolute Gasteiger partial charge is 0.334 e. The molecule has 0 heterocycles. The zero-order chi connectivity index (χ0) is 5.54. The van der Waals surface area contributed by atoms with Crippen LogP contribution < -0.4 is 5.90 Å². The van der Waals surface area contributed by atoms with E-state index in [0.29, 0.717) is 0 Å². The van der Waals surface area contributed by atoms with Crippen LogP contribution in [0.3, 0.4) is 0 Å². The molecule has 0 spiro atoms. The number of rotatable bonds is 4. The zero-order valence-electron chi connectivity index (χ0n) is 3.20. The lowest BCUT2D eigenvalue weighted by molar-refractivity contribution is -0.618. The SMILES string of the molecule is NOOOOC=O. The van der Waals surface area contributed by atoms with Crippen LogP contribution in [-0.2, 0) is 24.7 Å². The van der Waals surface area contributed by atoms with E-state index in [2.05, 4.69) is 25.8 Å². The molecular weight excluding hydrogens is 106 g/mol. The van der Waals surface area contributed by atoms with E-state index in [9.17, 15) is 0 Å². The molecular formula is CH3NO5. The molecule has 0 aromatic carbocycles. The average molecular weight is 109 g/mol. The summed E-state index contributed by atoms with van der Waals surface area (Å²) in [4.78, 5) is 16.0. The fraction of sp³-hybridized carbons (Fsp3) is 0. The third-order valence-electron chi connectivity index (χ3n) is 0.146. The molecule has 0 aliphatic heterocycles. The van der Waals surface area contributed by atoms with E-state index >= 15 is 0 Å². The smallest absolute Gasteiger partial charge is 0.270 e. The Bertz CT molecular complexity index is 45.3. The van der Waals surface area contributed by atoms with Gasteiger partial charge in [0.1, 0.15) is 0 Å². The fourth-order valence-electron chi connectivity index (χ4n) is 0.0481. The maximum atomic E-state index is 9.16. The standard InChI is InChI=1S/CH3NO5/c2-5-7-6-4-1-3/h1H,2H2. The molecule has 0 saturated heterocycles. The lowest BCUT2D eigenvalue weighted by Gasteiger charge is -1.88. The number of hydrogen-bond donors (Lipinski definition) is 1. The molecule has 0 atom stereocenters. The summed E-state index contributed by atoms with van der Waals surface area (Å²) >= 11 is 0. The first-order valence-corrected chi connectivity index (χ1v) is 1.21. The molecule has 0 aliphatic rings. The molecule has 6 heteroatoms. The van der Waals surface area contributed by atoms with Gasteiger partial charge in [0.2, 0.25) is 0 Å². The maximum absolute atomic E-state index is 9.16. The highest BCUT2D eigenvalue weighted by Gasteiger charge is 1.78. The Morgan fingerprint density at radius 1 is 1.43 bits per heavy atom. The predicted octanol–water partition coefficient (Wildman–Crippen LogP) is -1.17. The fourth-order valence-corrected chi connectivity index (χ4v) is 0.0481. The van der Waals surface area contributed by atoms with Crippen molar-refractivity contribution >= 4 is 6.47 Å². The first-order chi connectivity index (χ1) is 3.41. The van der Waals surface area contributed by atoms with Crippen LogP contribution in [0.15, 0.2) is 0 Å². The lowest BCUT2D eigenvalue weighted by Crippen LogP contribution is -2.01. The summed E-state index contributed by atoms with van der Waals surface area (Å²) in [6, 6.07) is 0. The minimum Gasteiger partial charge on any atom is -0.270 e. The van der Waals surface area contributed by atoms with Crippen molar-refractivity contribution in [3.05, 3.63) is 0 Å². The third-order valence-corrected chi connectivity index (χ3v) is 0.146. The zero-order valence-corrected chi connectivity index (χ0v) is 3.20. The van der Waals surface area contributed by atoms with Gasteiger partial charge in [-0.2, -0.15) is 5.90 Å². The van der Waals surface area contributed by atoms with Crippen LogP contribution in [-0.4, -0.2) is 6.47 Å². The molecule has 0 aromatic rings. The highest BCUT2D eigenvalue weighted by Crippen LogP contribution is 1.71. The Morgan fingerprint density at radius 3 is 2.57 bits per heavy atom. The van der Waals surface area contributed by atoms with Crippen molar-refractivity contribution in [2.45, 2.75) is 0 Å². The Morgan fingerprint density at radius 2 is 2.14 bits per heavy atom.